The van der Waals surface area contributed by atoms with Crippen LogP contribution in [-0.2, 0) is 20.0 Å². The predicted molar refractivity (Wildman–Crippen MR) is 115 cm³/mol. The molecule has 1 aromatic carbocycles. The Morgan fingerprint density at radius 3 is 2.48 bits per heavy atom. The number of allylic oxidation sites excluding steroid dienone is 3. The number of sulfone groups is 1. The Labute approximate surface area is 178 Å². The first-order valence-corrected chi connectivity index (χ1v) is 12.1. The van der Waals surface area contributed by atoms with E-state index in [1.54, 1.807) is 29.2 Å². The van der Waals surface area contributed by atoms with E-state index >= 15 is 0 Å². The van der Waals surface area contributed by atoms with Crippen LogP contribution in [-0.4, -0.2) is 41.8 Å². The molecule has 3 aliphatic rings. The van der Waals surface area contributed by atoms with Crippen molar-refractivity contribution in [2.45, 2.75) is 40.6 Å². The van der Waals surface area contributed by atoms with Gasteiger partial charge in [-0.15, -0.1) is 0 Å². The first-order chi connectivity index (χ1) is 12.8. The smallest absolute Gasteiger partial charge is 0.233 e. The van der Waals surface area contributed by atoms with Gasteiger partial charge in [0.2, 0.25) is 5.91 Å². The Morgan fingerprint density at radius 2 is 1.89 bits per heavy atom. The van der Waals surface area contributed by atoms with Crippen LogP contribution in [0.1, 0.15) is 31.2 Å². The minimum absolute atomic E-state index is 0.0594. The maximum atomic E-state index is 13.2. The van der Waals surface area contributed by atoms with Crippen LogP contribution < -0.4 is 0 Å². The molecule has 1 amide bonds. The summed E-state index contributed by atoms with van der Waals surface area (Å²) in [7, 11) is -3.59. The van der Waals surface area contributed by atoms with Gasteiger partial charge in [-0.2, -0.15) is 0 Å². The average Bonchev–Trinajstić information content (AvgIpc) is 3.30. The molecule has 1 heterocycles. The molecule has 2 atom stereocenters. The third-order valence-corrected chi connectivity index (χ3v) is 10.0. The second-order valence-electron chi connectivity index (χ2n) is 7.57. The van der Waals surface area contributed by atoms with Gasteiger partial charge in [0.1, 0.15) is 0 Å². The third-order valence-electron chi connectivity index (χ3n) is 5.89. The lowest BCUT2D eigenvalue weighted by atomic mass is 9.94. The minimum Gasteiger partial charge on any atom is -0.341 e. The fraction of sp³-hybridized carbons (Fsp3) is 0.450. The van der Waals surface area contributed by atoms with E-state index in [1.807, 2.05) is 24.3 Å². The molecular weight excluding hydrogens is 497 g/mol. The minimum atomic E-state index is -3.59. The van der Waals surface area contributed by atoms with E-state index in [-0.39, 0.29) is 18.9 Å². The Kier molecular flexibility index (Phi) is 4.96. The normalized spacial score (nSPS) is 29.1. The molecule has 1 aromatic rings. The van der Waals surface area contributed by atoms with Crippen molar-refractivity contribution in [2.75, 3.05) is 13.1 Å². The highest BCUT2D eigenvalue weighted by atomic mass is 127. The van der Waals surface area contributed by atoms with Gasteiger partial charge in [0.25, 0.3) is 0 Å². The van der Waals surface area contributed by atoms with Gasteiger partial charge in [-0.25, -0.2) is 8.42 Å². The van der Waals surface area contributed by atoms with Gasteiger partial charge in [0, 0.05) is 23.1 Å². The summed E-state index contributed by atoms with van der Waals surface area (Å²) in [5, 5.41) is -0.609. The van der Waals surface area contributed by atoms with Gasteiger partial charge < -0.3 is 4.90 Å². The Hall–Kier alpha value is -0.860. The van der Waals surface area contributed by atoms with Gasteiger partial charge in [-0.05, 0) is 65.6 Å². The number of carbonyl (C=O) groups is 1. The van der Waals surface area contributed by atoms with E-state index < -0.39 is 24.7 Å². The Morgan fingerprint density at radius 1 is 1.19 bits per heavy atom. The number of hydrogen-bond donors (Lipinski definition) is 0. The molecule has 2 aliphatic carbocycles. The molecule has 4 rings (SSSR count). The van der Waals surface area contributed by atoms with Crippen LogP contribution in [0.25, 0.3) is 0 Å². The summed E-state index contributed by atoms with van der Waals surface area (Å²) < 4.78 is 25.9. The van der Waals surface area contributed by atoms with Crippen molar-refractivity contribution >= 4 is 49.9 Å². The first-order valence-electron chi connectivity index (χ1n) is 9.11. The van der Waals surface area contributed by atoms with Crippen molar-refractivity contribution in [2.24, 2.45) is 0 Å². The summed E-state index contributed by atoms with van der Waals surface area (Å²) in [5.41, 5.74) is 0.572. The molecule has 7 heteroatoms. The maximum absolute atomic E-state index is 13.2. The first kappa shape index (κ1) is 19.5. The molecule has 0 unspecified atom stereocenters. The lowest BCUT2D eigenvalue weighted by Gasteiger charge is -2.28. The fourth-order valence-corrected chi connectivity index (χ4v) is 6.89. The number of likely N-dealkylation sites (tertiary alicyclic amines) is 1. The zero-order chi connectivity index (χ0) is 19.3. The van der Waals surface area contributed by atoms with E-state index in [0.29, 0.717) is 13.0 Å². The van der Waals surface area contributed by atoms with E-state index in [4.69, 9.17) is 11.6 Å². The third kappa shape index (κ3) is 3.27. The van der Waals surface area contributed by atoms with Gasteiger partial charge in [0.15, 0.2) is 14.0 Å². The molecule has 0 N–H and O–H groups in total. The molecule has 144 valence electrons. The maximum Gasteiger partial charge on any atom is 0.233 e. The summed E-state index contributed by atoms with van der Waals surface area (Å²) in [6.45, 7) is 0.709. The number of carbonyl (C=O) groups excluding carboxylic acids is 1. The van der Waals surface area contributed by atoms with Crippen LogP contribution in [0.3, 0.4) is 0 Å². The van der Waals surface area contributed by atoms with Gasteiger partial charge in [-0.3, -0.25) is 4.79 Å². The second kappa shape index (κ2) is 6.88. The molecule has 27 heavy (non-hydrogen) atoms. The van der Waals surface area contributed by atoms with Crippen molar-refractivity contribution in [3.05, 3.63) is 57.7 Å². The van der Waals surface area contributed by atoms with Crippen LogP contribution in [0.5, 0.6) is 0 Å². The Bertz CT molecular complexity index is 921. The van der Waals surface area contributed by atoms with Crippen LogP contribution in [0.15, 0.2) is 48.6 Å². The highest BCUT2D eigenvalue weighted by Crippen LogP contribution is 2.50. The monoisotopic (exact) mass is 517 g/mol. The highest BCUT2D eigenvalue weighted by molar-refractivity contribution is 14.1. The molecule has 1 saturated carbocycles. The SMILES string of the molecule is O=C(N1CC[C@@H](S(=O)(=O)[C@@]2(Cl)C=CC=CC2)C1)C1(c2ccc(I)cc2)CC1. The zero-order valence-corrected chi connectivity index (χ0v) is 18.5. The molecule has 0 bridgehead atoms. The molecular formula is C20H21ClINO3S. The second-order valence-corrected chi connectivity index (χ2v) is 12.2. The highest BCUT2D eigenvalue weighted by Gasteiger charge is 2.55. The van der Waals surface area contributed by atoms with Crippen molar-refractivity contribution in [1.82, 2.24) is 4.90 Å². The standard InChI is InChI=1S/C20H21ClINO3S/c21-20(9-2-1-3-10-20)27(25,26)17-8-13-23(14-17)18(24)19(11-12-19)15-4-6-16(22)7-5-15/h1-7,9,17H,8,10-14H2/t17-,20+/m1/s1. The largest absolute Gasteiger partial charge is 0.341 e. The lowest BCUT2D eigenvalue weighted by Crippen LogP contribution is -2.43. The number of nitrogens with zero attached hydrogens (tertiary/aromatic N) is 1. The summed E-state index contributed by atoms with van der Waals surface area (Å²) >= 11 is 8.71. The number of benzene rings is 1. The summed E-state index contributed by atoms with van der Waals surface area (Å²) in [4.78, 5) is 14.9. The van der Waals surface area contributed by atoms with Crippen LogP contribution >= 0.6 is 34.2 Å². The molecule has 0 radical (unpaired) electrons. The number of alkyl halides is 1. The molecule has 1 aliphatic heterocycles. The number of hydrogen-bond acceptors (Lipinski definition) is 3. The molecule has 0 aromatic heterocycles. The van der Waals surface area contributed by atoms with Gasteiger partial charge >= 0.3 is 0 Å². The quantitative estimate of drug-likeness (QED) is 0.451. The average molecular weight is 518 g/mol. The fourth-order valence-electron chi connectivity index (χ4n) is 4.05. The topological polar surface area (TPSA) is 54.5 Å². The van der Waals surface area contributed by atoms with Crippen molar-refractivity contribution < 1.29 is 13.2 Å². The zero-order valence-electron chi connectivity index (χ0n) is 14.8. The van der Waals surface area contributed by atoms with Gasteiger partial charge in [0.05, 0.1) is 10.7 Å². The Balaban J connectivity index is 1.51. The van der Waals surface area contributed by atoms with Crippen LogP contribution in [0, 0.1) is 3.57 Å². The number of rotatable bonds is 4. The van der Waals surface area contributed by atoms with Gasteiger partial charge in [-0.1, -0.05) is 42.0 Å². The molecule has 2 fully saturated rings. The summed E-state index contributed by atoms with van der Waals surface area (Å²) in [6.07, 6.45) is 9.19. The van der Waals surface area contributed by atoms with Crippen LogP contribution in [0.2, 0.25) is 0 Å². The predicted octanol–water partition coefficient (Wildman–Crippen LogP) is 3.79. The summed E-state index contributed by atoms with van der Waals surface area (Å²) in [5.74, 6) is 0.0594. The van der Waals surface area contributed by atoms with Crippen molar-refractivity contribution in [3.63, 3.8) is 0 Å². The van der Waals surface area contributed by atoms with Crippen molar-refractivity contribution in [3.8, 4) is 0 Å². The number of amides is 1. The van der Waals surface area contributed by atoms with E-state index in [0.717, 1.165) is 22.0 Å². The van der Waals surface area contributed by atoms with Crippen LogP contribution in [0.4, 0.5) is 0 Å². The lowest BCUT2D eigenvalue weighted by molar-refractivity contribution is -0.132. The van der Waals surface area contributed by atoms with E-state index in [2.05, 4.69) is 22.6 Å². The number of halogens is 2. The summed E-state index contributed by atoms with van der Waals surface area (Å²) in [6, 6.07) is 8.06. The molecule has 4 nitrogen and oxygen atoms in total. The molecule has 1 saturated heterocycles. The van der Waals surface area contributed by atoms with Crippen molar-refractivity contribution in [1.29, 1.82) is 0 Å². The van der Waals surface area contributed by atoms with E-state index in [9.17, 15) is 13.2 Å². The molecule has 0 spiro atoms. The van der Waals surface area contributed by atoms with E-state index in [1.165, 1.54) is 0 Å².